The molecule has 0 radical (unpaired) electrons. The lowest BCUT2D eigenvalue weighted by Gasteiger charge is -2.21. The molecule has 0 spiro atoms. The van der Waals surface area contributed by atoms with E-state index in [4.69, 9.17) is 0 Å². The maximum absolute atomic E-state index is 12.6. The first-order chi connectivity index (χ1) is 21.5. The number of hydrogen-bond donors (Lipinski definition) is 0. The Morgan fingerprint density at radius 3 is 1.04 bits per heavy atom. The first-order valence-electron chi connectivity index (χ1n) is 17.4. The van der Waals surface area contributed by atoms with Crippen LogP contribution in [0.4, 0.5) is 0 Å². The van der Waals surface area contributed by atoms with Gasteiger partial charge in [0.2, 0.25) is 0 Å². The molecular formula is C43H66O3. The van der Waals surface area contributed by atoms with Crippen LogP contribution >= 0.6 is 0 Å². The minimum Gasteiger partial charge on any atom is -0.294 e. The molecule has 1 unspecified atom stereocenters. The number of benzene rings is 3. The Kier molecular flexibility index (Phi) is 20.9. The van der Waals surface area contributed by atoms with Crippen LogP contribution in [0.3, 0.4) is 0 Å². The van der Waals surface area contributed by atoms with E-state index in [1.165, 1.54) is 0 Å². The third kappa shape index (κ3) is 13.6. The normalized spacial score (nSPS) is 11.4. The van der Waals surface area contributed by atoms with Gasteiger partial charge < -0.3 is 0 Å². The molecule has 0 fully saturated rings. The van der Waals surface area contributed by atoms with Gasteiger partial charge in [-0.25, -0.2) is 0 Å². The van der Waals surface area contributed by atoms with E-state index in [1.807, 2.05) is 183 Å². The minimum atomic E-state index is -0.373. The molecule has 0 aliphatic rings. The number of carbonyl (C=O) groups is 3. The summed E-state index contributed by atoms with van der Waals surface area (Å²) in [7, 11) is 0. The van der Waals surface area contributed by atoms with Gasteiger partial charge in [0, 0.05) is 38.9 Å². The van der Waals surface area contributed by atoms with Crippen LogP contribution in [-0.2, 0) is 0 Å². The summed E-state index contributed by atoms with van der Waals surface area (Å²) in [5.74, 6) is 0.778. The lowest BCUT2D eigenvalue weighted by Crippen LogP contribution is -2.23. The molecule has 46 heavy (non-hydrogen) atoms. The Morgan fingerprint density at radius 1 is 0.478 bits per heavy atom. The van der Waals surface area contributed by atoms with Crippen molar-refractivity contribution < 1.29 is 14.4 Å². The molecule has 0 aliphatic carbocycles. The highest BCUT2D eigenvalue weighted by atomic mass is 16.1. The van der Waals surface area contributed by atoms with Crippen LogP contribution < -0.4 is 0 Å². The maximum Gasteiger partial charge on any atom is 0.168 e. The molecule has 0 aromatic heterocycles. The van der Waals surface area contributed by atoms with Gasteiger partial charge in [0.25, 0.3) is 0 Å². The van der Waals surface area contributed by atoms with Gasteiger partial charge >= 0.3 is 0 Å². The summed E-state index contributed by atoms with van der Waals surface area (Å²) in [6.45, 7) is 32.0. The third-order valence-electron chi connectivity index (χ3n) is 8.06. The molecule has 3 aromatic carbocycles. The van der Waals surface area contributed by atoms with Gasteiger partial charge in [0.1, 0.15) is 0 Å². The first-order valence-corrected chi connectivity index (χ1v) is 17.4. The van der Waals surface area contributed by atoms with Crippen molar-refractivity contribution in [1.29, 1.82) is 0 Å². The van der Waals surface area contributed by atoms with E-state index < -0.39 is 0 Å². The van der Waals surface area contributed by atoms with Gasteiger partial charge in [0.05, 0.1) is 0 Å². The van der Waals surface area contributed by atoms with Gasteiger partial charge in [-0.05, 0) is 24.0 Å². The van der Waals surface area contributed by atoms with E-state index in [0.717, 1.165) is 40.7 Å². The Hall–Kier alpha value is -3.33. The van der Waals surface area contributed by atoms with E-state index in [1.54, 1.807) is 0 Å². The van der Waals surface area contributed by atoms with Crippen molar-refractivity contribution in [3.8, 4) is 0 Å². The van der Waals surface area contributed by atoms with Crippen molar-refractivity contribution in [3.05, 3.63) is 107 Å². The summed E-state index contributed by atoms with van der Waals surface area (Å²) < 4.78 is 0. The molecule has 0 heterocycles. The van der Waals surface area contributed by atoms with E-state index in [9.17, 15) is 14.4 Å². The quantitative estimate of drug-likeness (QED) is 0.221. The summed E-state index contributed by atoms with van der Waals surface area (Å²) in [5.41, 5.74) is 3.72. The standard InChI is InChI=1S/C25H32O2.C12H16O.3C2H6/c1-8-25(6,7)23(27)21-15-11-19(12-16-21)17(2)18-9-13-20(14-10-18)22(26)24(3,4)5;1-4-12(2,3)11(13)10-8-6-5-7-9-10;3*1-2/h9-17H,8H2,1-7H3;5-9H,4H2,1-3H3;3*1-2H3. The fourth-order valence-corrected chi connectivity index (χ4v) is 4.16. The Morgan fingerprint density at radius 2 is 0.761 bits per heavy atom. The van der Waals surface area contributed by atoms with Crippen LogP contribution in [0.25, 0.3) is 0 Å². The lowest BCUT2D eigenvalue weighted by atomic mass is 9.81. The third-order valence-corrected chi connectivity index (χ3v) is 8.06. The highest BCUT2D eigenvalue weighted by Crippen LogP contribution is 2.29. The number of Topliss-reactive ketones (excluding diaryl/α,β-unsaturated/α-hetero) is 3. The predicted octanol–water partition coefficient (Wildman–Crippen LogP) is 13.1. The van der Waals surface area contributed by atoms with Crippen molar-refractivity contribution in [2.45, 2.75) is 130 Å². The van der Waals surface area contributed by atoms with Crippen LogP contribution in [0.2, 0.25) is 0 Å². The molecule has 0 N–H and O–H groups in total. The zero-order valence-corrected chi connectivity index (χ0v) is 32.2. The lowest BCUT2D eigenvalue weighted by molar-refractivity contribution is 0.0827. The summed E-state index contributed by atoms with van der Waals surface area (Å²) in [6, 6.07) is 25.3. The van der Waals surface area contributed by atoms with Crippen LogP contribution in [0.5, 0.6) is 0 Å². The number of carbonyl (C=O) groups excluding carboxylic acids is 3. The van der Waals surface area contributed by atoms with Gasteiger partial charge in [-0.1, -0.05) is 190 Å². The highest BCUT2D eigenvalue weighted by Gasteiger charge is 2.27. The summed E-state index contributed by atoms with van der Waals surface area (Å²) in [4.78, 5) is 36.9. The van der Waals surface area contributed by atoms with E-state index in [-0.39, 0.29) is 39.5 Å². The van der Waals surface area contributed by atoms with Gasteiger partial charge in [0.15, 0.2) is 17.3 Å². The summed E-state index contributed by atoms with van der Waals surface area (Å²) in [6.07, 6.45) is 1.70. The highest BCUT2D eigenvalue weighted by molar-refractivity contribution is 6.01. The van der Waals surface area contributed by atoms with Crippen molar-refractivity contribution in [2.24, 2.45) is 16.2 Å². The topological polar surface area (TPSA) is 51.2 Å². The maximum atomic E-state index is 12.6. The Bertz CT molecular complexity index is 1270. The van der Waals surface area contributed by atoms with Gasteiger partial charge in [-0.15, -0.1) is 0 Å². The Balaban J connectivity index is 0. The van der Waals surface area contributed by atoms with Crippen LogP contribution in [0, 0.1) is 16.2 Å². The second-order valence-corrected chi connectivity index (χ2v) is 13.0. The van der Waals surface area contributed by atoms with Crippen molar-refractivity contribution in [2.75, 3.05) is 0 Å². The molecule has 3 rings (SSSR count). The van der Waals surface area contributed by atoms with Crippen molar-refractivity contribution in [1.82, 2.24) is 0 Å². The molecule has 256 valence electrons. The minimum absolute atomic E-state index is 0.156. The average molecular weight is 631 g/mol. The van der Waals surface area contributed by atoms with E-state index >= 15 is 0 Å². The van der Waals surface area contributed by atoms with Crippen LogP contribution in [-0.4, -0.2) is 17.3 Å². The SMILES string of the molecule is CC.CC.CC.CCC(C)(C)C(=O)c1ccc(C(C)c2ccc(C(=O)C(C)(C)C)cc2)cc1.CCC(C)(C)C(=O)c1ccccc1. The van der Waals surface area contributed by atoms with Crippen LogP contribution in [0.1, 0.15) is 172 Å². The molecule has 0 bridgehead atoms. The molecule has 1 atom stereocenters. The molecule has 3 heteroatoms. The van der Waals surface area contributed by atoms with Crippen molar-refractivity contribution in [3.63, 3.8) is 0 Å². The number of ketones is 3. The summed E-state index contributed by atoms with van der Waals surface area (Å²) >= 11 is 0. The zero-order valence-electron chi connectivity index (χ0n) is 32.2. The smallest absolute Gasteiger partial charge is 0.168 e. The predicted molar refractivity (Wildman–Crippen MR) is 201 cm³/mol. The first kappa shape index (κ1) is 44.8. The fourth-order valence-electron chi connectivity index (χ4n) is 4.16. The number of rotatable bonds is 9. The zero-order chi connectivity index (χ0) is 36.3. The molecule has 3 aromatic rings. The molecular weight excluding hydrogens is 564 g/mol. The van der Waals surface area contributed by atoms with Gasteiger partial charge in [-0.3, -0.25) is 14.4 Å². The van der Waals surface area contributed by atoms with E-state index in [2.05, 4.69) is 6.92 Å². The monoisotopic (exact) mass is 631 g/mol. The largest absolute Gasteiger partial charge is 0.294 e. The molecule has 0 amide bonds. The summed E-state index contributed by atoms with van der Waals surface area (Å²) in [5, 5.41) is 0. The Labute approximate surface area is 283 Å². The molecule has 0 saturated heterocycles. The molecule has 0 aliphatic heterocycles. The van der Waals surface area contributed by atoms with Gasteiger partial charge in [-0.2, -0.15) is 0 Å². The second kappa shape index (κ2) is 21.5. The number of hydrogen-bond acceptors (Lipinski definition) is 3. The fraction of sp³-hybridized carbons (Fsp3) is 0.512. The van der Waals surface area contributed by atoms with E-state index in [0.29, 0.717) is 0 Å². The second-order valence-electron chi connectivity index (χ2n) is 13.0. The molecule has 0 saturated carbocycles. The molecule has 3 nitrogen and oxygen atoms in total. The average Bonchev–Trinajstić information content (AvgIpc) is 3.10. The van der Waals surface area contributed by atoms with Crippen LogP contribution in [0.15, 0.2) is 78.9 Å². The van der Waals surface area contributed by atoms with Crippen molar-refractivity contribution >= 4 is 17.3 Å².